The molecule has 0 aliphatic carbocycles. The predicted molar refractivity (Wildman–Crippen MR) is 47.0 cm³/mol. The van der Waals surface area contributed by atoms with Crippen LogP contribution < -0.4 is 0 Å². The van der Waals surface area contributed by atoms with Crippen LogP contribution in [0.5, 0.6) is 0 Å². The Balaban J connectivity index is 3.14. The molecule has 0 spiro atoms. The normalized spacial score (nSPS) is 11.8. The number of aliphatic hydroxyl groups is 1. The Morgan fingerprint density at radius 1 is 1.29 bits per heavy atom. The van der Waals surface area contributed by atoms with Crippen molar-refractivity contribution >= 4 is 0 Å². The first-order chi connectivity index (χ1) is 6.46. The number of benzene rings is 1. The minimum absolute atomic E-state index is 0.137. The van der Waals surface area contributed by atoms with Gasteiger partial charge in [0.25, 0.3) is 0 Å². The van der Waals surface area contributed by atoms with Gasteiger partial charge in [0.05, 0.1) is 5.56 Å². The fourth-order valence-electron chi connectivity index (χ4n) is 1.38. The highest BCUT2D eigenvalue weighted by atomic mass is 19.4. The van der Waals surface area contributed by atoms with Crippen LogP contribution in [0, 0.1) is 6.92 Å². The van der Waals surface area contributed by atoms with E-state index in [0.717, 1.165) is 6.07 Å². The quantitative estimate of drug-likeness (QED) is 0.784. The fraction of sp³-hybridized carbons (Fsp3) is 0.400. The summed E-state index contributed by atoms with van der Waals surface area (Å²) >= 11 is 0. The van der Waals surface area contributed by atoms with E-state index in [1.54, 1.807) is 6.07 Å². The molecule has 0 heterocycles. The number of aliphatic hydroxyl groups excluding tert-OH is 1. The van der Waals surface area contributed by atoms with Crippen LogP contribution in [-0.2, 0) is 12.6 Å². The van der Waals surface area contributed by atoms with Gasteiger partial charge in [0.1, 0.15) is 0 Å². The minimum Gasteiger partial charge on any atom is -0.396 e. The van der Waals surface area contributed by atoms with E-state index in [9.17, 15) is 13.2 Å². The van der Waals surface area contributed by atoms with E-state index < -0.39 is 11.7 Å². The maximum Gasteiger partial charge on any atom is 0.416 e. The average molecular weight is 204 g/mol. The first kappa shape index (κ1) is 11.0. The van der Waals surface area contributed by atoms with E-state index in [1.807, 2.05) is 0 Å². The summed E-state index contributed by atoms with van der Waals surface area (Å²) in [7, 11) is 0. The molecule has 4 heteroatoms. The summed E-state index contributed by atoms with van der Waals surface area (Å²) in [6, 6.07) is 4.01. The van der Waals surface area contributed by atoms with Crippen LogP contribution in [0.1, 0.15) is 16.7 Å². The molecule has 0 radical (unpaired) electrons. The maximum absolute atomic E-state index is 12.4. The molecule has 1 aromatic carbocycles. The number of rotatable bonds is 2. The van der Waals surface area contributed by atoms with Crippen LogP contribution in [0.15, 0.2) is 18.2 Å². The lowest BCUT2D eigenvalue weighted by molar-refractivity contribution is -0.138. The van der Waals surface area contributed by atoms with E-state index in [0.29, 0.717) is 5.56 Å². The van der Waals surface area contributed by atoms with E-state index in [-0.39, 0.29) is 18.6 Å². The third-order valence-corrected chi connectivity index (χ3v) is 2.13. The van der Waals surface area contributed by atoms with Crippen molar-refractivity contribution in [3.05, 3.63) is 34.9 Å². The van der Waals surface area contributed by atoms with Crippen LogP contribution in [0.4, 0.5) is 13.2 Å². The molecule has 1 rings (SSSR count). The molecule has 0 amide bonds. The summed E-state index contributed by atoms with van der Waals surface area (Å²) in [5.41, 5.74) is 0.125. The first-order valence-electron chi connectivity index (χ1n) is 4.23. The zero-order valence-corrected chi connectivity index (χ0v) is 7.73. The lowest BCUT2D eigenvalue weighted by Crippen LogP contribution is -2.09. The van der Waals surface area contributed by atoms with Gasteiger partial charge < -0.3 is 5.11 Å². The van der Waals surface area contributed by atoms with Gasteiger partial charge in [0, 0.05) is 6.61 Å². The van der Waals surface area contributed by atoms with Crippen LogP contribution in [0.25, 0.3) is 0 Å². The highest BCUT2D eigenvalue weighted by Crippen LogP contribution is 2.32. The van der Waals surface area contributed by atoms with Crippen LogP contribution in [0.2, 0.25) is 0 Å². The van der Waals surface area contributed by atoms with Gasteiger partial charge in [-0.25, -0.2) is 0 Å². The Kier molecular flexibility index (Phi) is 3.16. The molecule has 14 heavy (non-hydrogen) atoms. The Morgan fingerprint density at radius 2 is 1.93 bits per heavy atom. The minimum atomic E-state index is -4.31. The Labute approximate surface area is 80.2 Å². The van der Waals surface area contributed by atoms with E-state index in [4.69, 9.17) is 5.11 Å². The molecule has 0 aliphatic rings. The van der Waals surface area contributed by atoms with Crippen molar-refractivity contribution in [3.63, 3.8) is 0 Å². The van der Waals surface area contributed by atoms with Gasteiger partial charge >= 0.3 is 6.18 Å². The van der Waals surface area contributed by atoms with Gasteiger partial charge in [0.15, 0.2) is 0 Å². The lowest BCUT2D eigenvalue weighted by Gasteiger charge is -2.12. The van der Waals surface area contributed by atoms with Gasteiger partial charge in [-0.3, -0.25) is 0 Å². The van der Waals surface area contributed by atoms with Crippen molar-refractivity contribution in [2.24, 2.45) is 0 Å². The monoisotopic (exact) mass is 204 g/mol. The van der Waals surface area contributed by atoms with E-state index >= 15 is 0 Å². The summed E-state index contributed by atoms with van der Waals surface area (Å²) in [6.07, 6.45) is -4.05. The molecule has 0 aliphatic heterocycles. The Morgan fingerprint density at radius 3 is 2.43 bits per heavy atom. The van der Waals surface area contributed by atoms with Gasteiger partial charge in [-0.15, -0.1) is 0 Å². The Bertz CT molecular complexity index is 318. The fourth-order valence-corrected chi connectivity index (χ4v) is 1.38. The molecule has 0 saturated heterocycles. The summed E-state index contributed by atoms with van der Waals surface area (Å²) in [5, 5.41) is 8.66. The smallest absolute Gasteiger partial charge is 0.396 e. The highest BCUT2D eigenvalue weighted by Gasteiger charge is 2.32. The molecule has 0 unspecified atom stereocenters. The Hall–Kier alpha value is -1.03. The van der Waals surface area contributed by atoms with Crippen molar-refractivity contribution in [2.75, 3.05) is 6.61 Å². The van der Waals surface area contributed by atoms with Crippen molar-refractivity contribution in [3.8, 4) is 0 Å². The summed E-state index contributed by atoms with van der Waals surface area (Å²) in [4.78, 5) is 0. The van der Waals surface area contributed by atoms with Crippen molar-refractivity contribution in [1.29, 1.82) is 0 Å². The van der Waals surface area contributed by atoms with Crippen molar-refractivity contribution in [1.82, 2.24) is 0 Å². The molecule has 1 N–H and O–H groups in total. The molecule has 0 saturated carbocycles. The molecule has 0 aromatic heterocycles. The largest absolute Gasteiger partial charge is 0.416 e. The van der Waals surface area contributed by atoms with Gasteiger partial charge in [-0.2, -0.15) is 13.2 Å². The standard InChI is InChI=1S/C10H11F3O/c1-7-8(5-6-14)3-2-4-9(7)10(11,12)13/h2-4,14H,5-6H2,1H3. The zero-order chi connectivity index (χ0) is 10.8. The number of hydrogen-bond acceptors (Lipinski definition) is 1. The second-order valence-corrected chi connectivity index (χ2v) is 3.06. The maximum atomic E-state index is 12.4. The number of halogens is 3. The molecule has 0 bridgehead atoms. The summed E-state index contributed by atoms with van der Waals surface area (Å²) in [5.74, 6) is 0. The average Bonchev–Trinajstić information content (AvgIpc) is 2.07. The second-order valence-electron chi connectivity index (χ2n) is 3.06. The first-order valence-corrected chi connectivity index (χ1v) is 4.23. The third kappa shape index (κ3) is 2.26. The molecular formula is C10H11F3O. The highest BCUT2D eigenvalue weighted by molar-refractivity contribution is 5.36. The molecule has 1 nitrogen and oxygen atoms in total. The number of alkyl halides is 3. The van der Waals surface area contributed by atoms with Crippen LogP contribution in [0.3, 0.4) is 0 Å². The second kappa shape index (κ2) is 4.00. The SMILES string of the molecule is Cc1c(CCO)cccc1C(F)(F)F. The van der Waals surface area contributed by atoms with E-state index in [1.165, 1.54) is 13.0 Å². The predicted octanol–water partition coefficient (Wildman–Crippen LogP) is 2.55. The summed E-state index contributed by atoms with van der Waals surface area (Å²) in [6.45, 7) is 1.29. The lowest BCUT2D eigenvalue weighted by atomic mass is 10.00. The number of hydrogen-bond donors (Lipinski definition) is 1. The van der Waals surface area contributed by atoms with Crippen LogP contribution >= 0.6 is 0 Å². The van der Waals surface area contributed by atoms with Crippen molar-refractivity contribution < 1.29 is 18.3 Å². The third-order valence-electron chi connectivity index (χ3n) is 2.13. The van der Waals surface area contributed by atoms with E-state index in [2.05, 4.69) is 0 Å². The molecule has 78 valence electrons. The topological polar surface area (TPSA) is 20.2 Å². The molecule has 0 fully saturated rings. The van der Waals surface area contributed by atoms with Gasteiger partial charge in [-0.05, 0) is 30.5 Å². The van der Waals surface area contributed by atoms with Gasteiger partial charge in [0.2, 0.25) is 0 Å². The zero-order valence-electron chi connectivity index (χ0n) is 7.73. The van der Waals surface area contributed by atoms with Crippen LogP contribution in [-0.4, -0.2) is 11.7 Å². The summed E-state index contributed by atoms with van der Waals surface area (Å²) < 4.78 is 37.2. The van der Waals surface area contributed by atoms with Crippen molar-refractivity contribution in [2.45, 2.75) is 19.5 Å². The molecule has 1 aromatic rings. The molecular weight excluding hydrogens is 193 g/mol. The molecule has 0 atom stereocenters. The van der Waals surface area contributed by atoms with Gasteiger partial charge in [-0.1, -0.05) is 12.1 Å².